The number of ether oxygens (including phenoxy) is 1. The number of carbonyl (C=O) groups excluding carboxylic acids is 1. The first kappa shape index (κ1) is 13.1. The minimum Gasteiger partial charge on any atom is -0.461 e. The van der Waals surface area contributed by atoms with Crippen LogP contribution >= 0.6 is 0 Å². The van der Waals surface area contributed by atoms with E-state index in [-0.39, 0.29) is 5.69 Å². The van der Waals surface area contributed by atoms with Crippen molar-refractivity contribution in [2.24, 2.45) is 0 Å². The van der Waals surface area contributed by atoms with E-state index in [1.54, 1.807) is 23.9 Å². The molecule has 6 heteroatoms. The molecule has 2 heterocycles. The average Bonchev–Trinajstić information content (AvgIpc) is 3.19. The van der Waals surface area contributed by atoms with Gasteiger partial charge >= 0.3 is 5.97 Å². The summed E-state index contributed by atoms with van der Waals surface area (Å²) in [6, 6.07) is 11.0. The van der Waals surface area contributed by atoms with Crippen LogP contribution in [0.1, 0.15) is 17.4 Å². The molecule has 3 aromatic rings. The van der Waals surface area contributed by atoms with Crippen molar-refractivity contribution in [2.45, 2.75) is 6.92 Å². The van der Waals surface area contributed by atoms with Gasteiger partial charge in [-0.3, -0.25) is 0 Å². The lowest BCUT2D eigenvalue weighted by molar-refractivity contribution is 0.0514. The van der Waals surface area contributed by atoms with Crippen molar-refractivity contribution in [3.05, 3.63) is 54.5 Å². The van der Waals surface area contributed by atoms with E-state index in [1.165, 1.54) is 0 Å². The lowest BCUT2D eigenvalue weighted by atomic mass is 10.1. The second-order valence-corrected chi connectivity index (χ2v) is 4.29. The molecule has 106 valence electrons. The second-order valence-electron chi connectivity index (χ2n) is 4.29. The van der Waals surface area contributed by atoms with E-state index in [9.17, 15) is 4.79 Å². The smallest absolute Gasteiger partial charge is 0.360 e. The molecule has 0 bridgehead atoms. The molecule has 1 aromatic carbocycles. The molecule has 0 atom stereocenters. The van der Waals surface area contributed by atoms with Crippen LogP contribution in [0.4, 0.5) is 0 Å². The lowest BCUT2D eigenvalue weighted by Crippen LogP contribution is -2.04. The Bertz CT molecular complexity index is 730. The Morgan fingerprint density at radius 3 is 2.81 bits per heavy atom. The number of hydrogen-bond donors (Lipinski definition) is 0. The molecule has 0 aliphatic heterocycles. The van der Waals surface area contributed by atoms with Crippen LogP contribution < -0.4 is 0 Å². The summed E-state index contributed by atoms with van der Waals surface area (Å²) in [5, 5.41) is 7.87. The summed E-state index contributed by atoms with van der Waals surface area (Å²) in [5.41, 5.74) is 1.94. The Morgan fingerprint density at radius 1 is 1.33 bits per heavy atom. The van der Waals surface area contributed by atoms with Gasteiger partial charge in [0.25, 0.3) is 0 Å². The van der Waals surface area contributed by atoms with Gasteiger partial charge in [-0.05, 0) is 37.3 Å². The van der Waals surface area contributed by atoms with Gasteiger partial charge in [-0.25, -0.2) is 9.48 Å². The summed E-state index contributed by atoms with van der Waals surface area (Å²) >= 11 is 0. The van der Waals surface area contributed by atoms with Crippen LogP contribution in [0, 0.1) is 0 Å². The van der Waals surface area contributed by atoms with Gasteiger partial charge < -0.3 is 9.26 Å². The molecule has 0 amide bonds. The molecule has 0 aliphatic carbocycles. The van der Waals surface area contributed by atoms with Crippen molar-refractivity contribution >= 4 is 5.97 Å². The maximum absolute atomic E-state index is 11.5. The normalized spacial score (nSPS) is 10.5. The van der Waals surface area contributed by atoms with E-state index in [0.29, 0.717) is 12.4 Å². The van der Waals surface area contributed by atoms with Gasteiger partial charge in [0.05, 0.1) is 12.3 Å². The Kier molecular flexibility index (Phi) is 3.51. The van der Waals surface area contributed by atoms with Gasteiger partial charge in [-0.15, -0.1) is 0 Å². The number of carbonyl (C=O) groups is 1. The first-order chi connectivity index (χ1) is 10.3. The molecule has 6 nitrogen and oxygen atoms in total. The van der Waals surface area contributed by atoms with Crippen molar-refractivity contribution in [1.29, 1.82) is 0 Å². The van der Waals surface area contributed by atoms with Crippen molar-refractivity contribution in [2.75, 3.05) is 6.61 Å². The molecule has 21 heavy (non-hydrogen) atoms. The van der Waals surface area contributed by atoms with Gasteiger partial charge in [-0.1, -0.05) is 5.16 Å². The largest absolute Gasteiger partial charge is 0.461 e. The van der Waals surface area contributed by atoms with E-state index in [1.807, 2.05) is 36.5 Å². The zero-order valence-corrected chi connectivity index (χ0v) is 11.4. The van der Waals surface area contributed by atoms with Crippen LogP contribution in [0.25, 0.3) is 17.0 Å². The number of rotatable bonds is 4. The van der Waals surface area contributed by atoms with Crippen LogP contribution in [-0.4, -0.2) is 27.5 Å². The fraction of sp³-hybridized carbons (Fsp3) is 0.133. The van der Waals surface area contributed by atoms with Crippen LogP contribution in [0.2, 0.25) is 0 Å². The van der Waals surface area contributed by atoms with E-state index < -0.39 is 5.97 Å². The fourth-order valence-corrected chi connectivity index (χ4v) is 1.91. The average molecular weight is 283 g/mol. The van der Waals surface area contributed by atoms with Gasteiger partial charge in [0, 0.05) is 24.0 Å². The molecule has 0 N–H and O–H groups in total. The van der Waals surface area contributed by atoms with Crippen LogP contribution in [0.5, 0.6) is 0 Å². The van der Waals surface area contributed by atoms with Gasteiger partial charge in [0.2, 0.25) is 0 Å². The molecular weight excluding hydrogens is 270 g/mol. The highest BCUT2D eigenvalue weighted by molar-refractivity contribution is 5.88. The topological polar surface area (TPSA) is 70.2 Å². The molecular formula is C15H13N3O3. The van der Waals surface area contributed by atoms with E-state index in [0.717, 1.165) is 11.3 Å². The highest BCUT2D eigenvalue weighted by atomic mass is 16.5. The van der Waals surface area contributed by atoms with Crippen LogP contribution in [0.3, 0.4) is 0 Å². The summed E-state index contributed by atoms with van der Waals surface area (Å²) in [7, 11) is 0. The van der Waals surface area contributed by atoms with Crippen LogP contribution in [-0.2, 0) is 4.74 Å². The van der Waals surface area contributed by atoms with E-state index in [4.69, 9.17) is 9.26 Å². The fourth-order valence-electron chi connectivity index (χ4n) is 1.91. The second kappa shape index (κ2) is 5.62. The Hall–Kier alpha value is -2.89. The zero-order valence-electron chi connectivity index (χ0n) is 11.4. The summed E-state index contributed by atoms with van der Waals surface area (Å²) < 4.78 is 11.8. The van der Waals surface area contributed by atoms with Crippen molar-refractivity contribution in [3.8, 4) is 17.0 Å². The number of aromatic nitrogens is 3. The summed E-state index contributed by atoms with van der Waals surface area (Å²) in [5.74, 6) is 0.0331. The lowest BCUT2D eigenvalue weighted by Gasteiger charge is -2.01. The summed E-state index contributed by atoms with van der Waals surface area (Å²) in [6.45, 7) is 2.05. The van der Waals surface area contributed by atoms with Crippen molar-refractivity contribution in [1.82, 2.24) is 14.9 Å². The SMILES string of the molecule is CCOC(=O)c1cc(-c2ccc(-n3cccn3)cc2)on1. The van der Waals surface area contributed by atoms with Gasteiger partial charge in [-0.2, -0.15) is 5.10 Å². The molecule has 0 saturated carbocycles. The quantitative estimate of drug-likeness (QED) is 0.688. The van der Waals surface area contributed by atoms with Crippen LogP contribution in [0.15, 0.2) is 53.3 Å². The predicted octanol–water partition coefficient (Wildman–Crippen LogP) is 2.70. The van der Waals surface area contributed by atoms with Crippen molar-refractivity contribution in [3.63, 3.8) is 0 Å². The third kappa shape index (κ3) is 2.69. The molecule has 0 unspecified atom stereocenters. The highest BCUT2D eigenvalue weighted by Gasteiger charge is 2.14. The maximum atomic E-state index is 11.5. The Morgan fingerprint density at radius 2 is 2.14 bits per heavy atom. The first-order valence-electron chi connectivity index (χ1n) is 6.52. The third-order valence-corrected chi connectivity index (χ3v) is 2.92. The number of esters is 1. The minimum atomic E-state index is -0.485. The minimum absolute atomic E-state index is 0.169. The summed E-state index contributed by atoms with van der Waals surface area (Å²) in [4.78, 5) is 11.5. The van der Waals surface area contributed by atoms with Gasteiger partial charge in [0.1, 0.15) is 0 Å². The van der Waals surface area contributed by atoms with Gasteiger partial charge in [0.15, 0.2) is 11.5 Å². The molecule has 2 aromatic heterocycles. The number of nitrogens with zero attached hydrogens (tertiary/aromatic N) is 3. The predicted molar refractivity (Wildman–Crippen MR) is 75.0 cm³/mol. The molecule has 3 rings (SSSR count). The maximum Gasteiger partial charge on any atom is 0.360 e. The molecule has 0 saturated heterocycles. The third-order valence-electron chi connectivity index (χ3n) is 2.92. The molecule has 0 fully saturated rings. The van der Waals surface area contributed by atoms with E-state index in [2.05, 4.69) is 10.3 Å². The first-order valence-corrected chi connectivity index (χ1v) is 6.52. The summed E-state index contributed by atoms with van der Waals surface area (Å²) in [6.07, 6.45) is 3.58. The highest BCUT2D eigenvalue weighted by Crippen LogP contribution is 2.22. The monoisotopic (exact) mass is 283 g/mol. The Balaban J connectivity index is 1.83. The Labute approximate surface area is 120 Å². The molecule has 0 radical (unpaired) electrons. The standard InChI is InChI=1S/C15H13N3O3/c1-2-20-15(19)13-10-14(21-17-13)11-4-6-12(7-5-11)18-9-3-8-16-18/h3-10H,2H2,1H3. The van der Waals surface area contributed by atoms with E-state index >= 15 is 0 Å². The number of benzene rings is 1. The van der Waals surface area contributed by atoms with Crippen molar-refractivity contribution < 1.29 is 14.1 Å². The molecule has 0 spiro atoms. The molecule has 0 aliphatic rings. The number of hydrogen-bond acceptors (Lipinski definition) is 5. The zero-order chi connectivity index (χ0) is 14.7.